The predicted octanol–water partition coefficient (Wildman–Crippen LogP) is 0.590. The van der Waals surface area contributed by atoms with Crippen LogP contribution < -0.4 is 5.32 Å². The van der Waals surface area contributed by atoms with E-state index in [1.54, 1.807) is 7.05 Å². The number of carbonyl (C=O) groups is 1. The van der Waals surface area contributed by atoms with E-state index in [1.165, 1.54) is 23.1 Å². The third-order valence-electron chi connectivity index (χ3n) is 2.25. The van der Waals surface area contributed by atoms with Gasteiger partial charge in [-0.05, 0) is 12.1 Å². The number of benzene rings is 1. The molecule has 0 fully saturated rings. The van der Waals surface area contributed by atoms with Crippen molar-refractivity contribution in [2.45, 2.75) is 6.54 Å². The molecule has 2 aromatic rings. The van der Waals surface area contributed by atoms with Gasteiger partial charge in [-0.2, -0.15) is 5.10 Å². The molecule has 2 N–H and O–H groups in total. The first-order valence-electron chi connectivity index (χ1n) is 5.17. The first kappa shape index (κ1) is 12.0. The monoisotopic (exact) mass is 250 g/mol. The Balaban J connectivity index is 2.03. The Bertz CT molecular complexity index is 582. The van der Waals surface area contributed by atoms with E-state index in [2.05, 4.69) is 15.4 Å². The summed E-state index contributed by atoms with van der Waals surface area (Å²) >= 11 is 0. The summed E-state index contributed by atoms with van der Waals surface area (Å²) < 4.78 is 14.9. The molecule has 1 amide bonds. The number of aromatic hydroxyl groups is 1. The highest BCUT2D eigenvalue weighted by Crippen LogP contribution is 2.14. The van der Waals surface area contributed by atoms with Crippen LogP contribution in [0.1, 0.15) is 16.2 Å². The van der Waals surface area contributed by atoms with Crippen LogP contribution in [0.4, 0.5) is 4.39 Å². The van der Waals surface area contributed by atoms with Crippen molar-refractivity contribution in [1.82, 2.24) is 20.1 Å². The normalized spacial score (nSPS) is 10.3. The second-order valence-electron chi connectivity index (χ2n) is 3.68. The van der Waals surface area contributed by atoms with Crippen molar-refractivity contribution in [1.29, 1.82) is 0 Å². The molecule has 0 saturated carbocycles. The molecular formula is C11H11FN4O2. The number of hydrogen-bond acceptors (Lipinski definition) is 4. The van der Waals surface area contributed by atoms with Crippen LogP contribution in [0.2, 0.25) is 0 Å². The number of phenolic OH excluding ortho intramolecular Hbond substituents is 1. The van der Waals surface area contributed by atoms with Crippen LogP contribution >= 0.6 is 0 Å². The molecule has 1 aromatic heterocycles. The fourth-order valence-corrected chi connectivity index (χ4v) is 1.41. The predicted molar refractivity (Wildman–Crippen MR) is 60.2 cm³/mol. The molecule has 6 nitrogen and oxygen atoms in total. The fourth-order valence-electron chi connectivity index (χ4n) is 1.41. The molecule has 1 aromatic carbocycles. The molecule has 0 aliphatic carbocycles. The zero-order chi connectivity index (χ0) is 13.1. The summed E-state index contributed by atoms with van der Waals surface area (Å²) in [4.78, 5) is 15.6. The SMILES string of the molecule is Cn1cnc(CNC(=O)c2ccc(O)cc2F)n1. The zero-order valence-corrected chi connectivity index (χ0v) is 9.59. The Hall–Kier alpha value is -2.44. The average molecular weight is 250 g/mol. The van der Waals surface area contributed by atoms with Crippen LogP contribution in [-0.2, 0) is 13.6 Å². The number of amides is 1. The van der Waals surface area contributed by atoms with E-state index in [9.17, 15) is 9.18 Å². The summed E-state index contributed by atoms with van der Waals surface area (Å²) in [5.41, 5.74) is -0.135. The van der Waals surface area contributed by atoms with E-state index in [0.29, 0.717) is 5.82 Å². The lowest BCUT2D eigenvalue weighted by molar-refractivity contribution is 0.0946. The van der Waals surface area contributed by atoms with Crippen LogP contribution in [-0.4, -0.2) is 25.8 Å². The number of rotatable bonds is 3. The lowest BCUT2D eigenvalue weighted by Crippen LogP contribution is -2.24. The van der Waals surface area contributed by atoms with Crippen molar-refractivity contribution in [2.75, 3.05) is 0 Å². The number of phenols is 1. The second-order valence-corrected chi connectivity index (χ2v) is 3.68. The van der Waals surface area contributed by atoms with E-state index >= 15 is 0 Å². The van der Waals surface area contributed by atoms with Crippen LogP contribution in [0.15, 0.2) is 24.5 Å². The molecule has 7 heteroatoms. The third-order valence-corrected chi connectivity index (χ3v) is 2.25. The maximum Gasteiger partial charge on any atom is 0.254 e. The highest BCUT2D eigenvalue weighted by Gasteiger charge is 2.12. The molecule has 0 aliphatic heterocycles. The van der Waals surface area contributed by atoms with Crippen molar-refractivity contribution >= 4 is 5.91 Å². The molecule has 94 valence electrons. The van der Waals surface area contributed by atoms with Crippen molar-refractivity contribution in [3.05, 3.63) is 41.7 Å². The lowest BCUT2D eigenvalue weighted by Gasteiger charge is -2.04. The van der Waals surface area contributed by atoms with E-state index in [4.69, 9.17) is 5.11 Å². The van der Waals surface area contributed by atoms with Gasteiger partial charge in [0.1, 0.15) is 17.9 Å². The quantitative estimate of drug-likeness (QED) is 0.835. The average Bonchev–Trinajstić information content (AvgIpc) is 2.72. The maximum atomic E-state index is 13.4. The van der Waals surface area contributed by atoms with Crippen LogP contribution in [0, 0.1) is 5.82 Å². The van der Waals surface area contributed by atoms with Gasteiger partial charge in [-0.25, -0.2) is 9.37 Å². The Morgan fingerprint density at radius 3 is 2.94 bits per heavy atom. The minimum atomic E-state index is -0.776. The summed E-state index contributed by atoms with van der Waals surface area (Å²) in [5, 5.41) is 15.5. The smallest absolute Gasteiger partial charge is 0.254 e. The molecule has 0 aliphatic rings. The van der Waals surface area contributed by atoms with Gasteiger partial charge in [-0.15, -0.1) is 0 Å². The van der Waals surface area contributed by atoms with Crippen LogP contribution in [0.25, 0.3) is 0 Å². The van der Waals surface area contributed by atoms with Crippen molar-refractivity contribution in [3.63, 3.8) is 0 Å². The van der Waals surface area contributed by atoms with Crippen LogP contribution in [0.3, 0.4) is 0 Å². The number of nitrogens with one attached hydrogen (secondary N) is 1. The highest BCUT2D eigenvalue weighted by atomic mass is 19.1. The maximum absolute atomic E-state index is 13.4. The summed E-state index contributed by atoms with van der Waals surface area (Å²) in [5.74, 6) is -1.15. The van der Waals surface area contributed by atoms with Gasteiger partial charge in [0.05, 0.1) is 12.1 Å². The summed E-state index contributed by atoms with van der Waals surface area (Å²) in [6.45, 7) is 0.111. The minimum absolute atomic E-state index is 0.111. The number of nitrogens with zero attached hydrogens (tertiary/aromatic N) is 3. The first-order valence-corrected chi connectivity index (χ1v) is 5.17. The lowest BCUT2D eigenvalue weighted by atomic mass is 10.2. The summed E-state index contributed by atoms with van der Waals surface area (Å²) in [6, 6.07) is 3.34. The van der Waals surface area contributed by atoms with E-state index < -0.39 is 11.7 Å². The molecule has 0 saturated heterocycles. The fraction of sp³-hybridized carbons (Fsp3) is 0.182. The topological polar surface area (TPSA) is 80.0 Å². The molecule has 0 bridgehead atoms. The van der Waals surface area contributed by atoms with E-state index in [-0.39, 0.29) is 17.9 Å². The molecule has 0 atom stereocenters. The van der Waals surface area contributed by atoms with E-state index in [1.807, 2.05) is 0 Å². The molecule has 0 unspecified atom stereocenters. The van der Waals surface area contributed by atoms with Gasteiger partial charge < -0.3 is 10.4 Å². The third kappa shape index (κ3) is 2.62. The standard InChI is InChI=1S/C11H11FN4O2/c1-16-6-14-10(15-16)5-13-11(18)8-3-2-7(17)4-9(8)12/h2-4,6,17H,5H2,1H3,(H,13,18). The number of aryl methyl sites for hydroxylation is 1. The number of halogens is 1. The van der Waals surface area contributed by atoms with Gasteiger partial charge in [0.2, 0.25) is 0 Å². The number of carbonyl (C=O) groups excluding carboxylic acids is 1. The van der Waals surface area contributed by atoms with Gasteiger partial charge in [-0.3, -0.25) is 9.48 Å². The van der Waals surface area contributed by atoms with Gasteiger partial charge in [-0.1, -0.05) is 0 Å². The minimum Gasteiger partial charge on any atom is -0.508 e. The summed E-state index contributed by atoms with van der Waals surface area (Å²) in [6.07, 6.45) is 1.50. The molecule has 0 spiro atoms. The van der Waals surface area contributed by atoms with Crippen molar-refractivity contribution < 1.29 is 14.3 Å². The Labute approximate surface area is 102 Å². The molecule has 0 radical (unpaired) electrons. The Morgan fingerprint density at radius 2 is 2.33 bits per heavy atom. The Morgan fingerprint density at radius 1 is 1.56 bits per heavy atom. The first-order chi connectivity index (χ1) is 8.56. The highest BCUT2D eigenvalue weighted by molar-refractivity contribution is 5.94. The van der Waals surface area contributed by atoms with Gasteiger partial charge in [0.15, 0.2) is 5.82 Å². The molecule has 1 heterocycles. The summed E-state index contributed by atoms with van der Waals surface area (Å²) in [7, 11) is 1.71. The van der Waals surface area contributed by atoms with Gasteiger partial charge in [0, 0.05) is 13.1 Å². The zero-order valence-electron chi connectivity index (χ0n) is 9.59. The van der Waals surface area contributed by atoms with Crippen LogP contribution in [0.5, 0.6) is 5.75 Å². The largest absolute Gasteiger partial charge is 0.508 e. The van der Waals surface area contributed by atoms with Gasteiger partial charge in [0.25, 0.3) is 5.91 Å². The van der Waals surface area contributed by atoms with Crippen molar-refractivity contribution in [2.24, 2.45) is 7.05 Å². The number of aromatic nitrogens is 3. The van der Waals surface area contributed by atoms with Crippen molar-refractivity contribution in [3.8, 4) is 5.75 Å². The molecule has 18 heavy (non-hydrogen) atoms. The van der Waals surface area contributed by atoms with Gasteiger partial charge >= 0.3 is 0 Å². The molecule has 2 rings (SSSR count). The van der Waals surface area contributed by atoms with E-state index in [0.717, 1.165) is 6.07 Å². The Kier molecular flexibility index (Phi) is 3.22. The second kappa shape index (κ2) is 4.82. The molecular weight excluding hydrogens is 239 g/mol. The number of hydrogen-bond donors (Lipinski definition) is 2.